The summed E-state index contributed by atoms with van der Waals surface area (Å²) in [5.41, 5.74) is 1.04. The van der Waals surface area contributed by atoms with E-state index in [0.29, 0.717) is 32.0 Å². The van der Waals surface area contributed by atoms with Crippen molar-refractivity contribution in [1.29, 1.82) is 0 Å². The first-order chi connectivity index (χ1) is 18.3. The Kier molecular flexibility index (Phi) is 38.0. The molecule has 1 amide bonds. The molecule has 1 aliphatic carbocycles. The predicted octanol–water partition coefficient (Wildman–Crippen LogP) is 6.77. The van der Waals surface area contributed by atoms with Gasteiger partial charge in [0, 0.05) is 37.7 Å². The van der Waals surface area contributed by atoms with E-state index in [4.69, 9.17) is 0 Å². The molecule has 2 aliphatic rings. The molecule has 1 aliphatic heterocycles. The molecule has 230 valence electrons. The van der Waals surface area contributed by atoms with Crippen molar-refractivity contribution in [3.05, 3.63) is 37.1 Å². The molecule has 0 spiro atoms. The molecule has 0 radical (unpaired) electrons. The van der Waals surface area contributed by atoms with E-state index in [1.165, 1.54) is 0 Å². The van der Waals surface area contributed by atoms with Gasteiger partial charge in [0.2, 0.25) is 5.91 Å². The number of allylic oxidation sites excluding steroid dienone is 3. The van der Waals surface area contributed by atoms with Crippen molar-refractivity contribution < 1.29 is 14.7 Å². The van der Waals surface area contributed by atoms with E-state index in [1.54, 1.807) is 6.08 Å². The van der Waals surface area contributed by atoms with E-state index in [9.17, 15) is 14.7 Å². The molecule has 0 unspecified atom stereocenters. The van der Waals surface area contributed by atoms with Crippen LogP contribution in [0.4, 0.5) is 0 Å². The van der Waals surface area contributed by atoms with Crippen molar-refractivity contribution in [3.8, 4) is 12.8 Å². The zero-order chi connectivity index (χ0) is 32.0. The molecule has 0 aromatic carbocycles. The first-order valence-corrected chi connectivity index (χ1v) is 14.4. The van der Waals surface area contributed by atoms with Gasteiger partial charge in [0.05, 0.1) is 6.10 Å². The van der Waals surface area contributed by atoms with Crippen LogP contribution in [0.2, 0.25) is 0 Å². The number of likely N-dealkylation sites (tertiary alicyclic amines) is 1. The van der Waals surface area contributed by atoms with Crippen molar-refractivity contribution >= 4 is 12.2 Å². The van der Waals surface area contributed by atoms with Crippen LogP contribution >= 0.6 is 0 Å². The predicted molar refractivity (Wildman–Crippen MR) is 174 cm³/mol. The summed E-state index contributed by atoms with van der Waals surface area (Å²) < 4.78 is 0. The summed E-state index contributed by atoms with van der Waals surface area (Å²) in [4.78, 5) is 23.8. The maximum Gasteiger partial charge on any atom is 0.243 e. The van der Waals surface area contributed by atoms with Crippen LogP contribution in [0.25, 0.3) is 0 Å². The molecule has 1 saturated heterocycles. The lowest BCUT2D eigenvalue weighted by atomic mass is 9.93. The zero-order valence-corrected chi connectivity index (χ0v) is 27.6. The Bertz CT molecular complexity index is 627. The highest BCUT2D eigenvalue weighted by molar-refractivity contribution is 5.83. The minimum atomic E-state index is -0.432. The standard InChI is InChI=1S/C12H21N3O2.C6H12O.C5H8.C4H10.2C2H6.C2H2/c1-8(6-13-2)15-7-10(16)5-11(15)12(17)14-9-3-4-9;1-6(2,3)4-5-7;1-3-5-4-2;1-4(2)3;3*1-2/h9-11,13,16H,1,3-7H2,2H3,(H,14,17);5H,4H2,1-3H3;3-5H,1H2,2H3;4H,1-3H3;2*1-2H3;1-2H/b;;5-4-;;;;/t10-,11-;;;;;;/m0....../s1. The summed E-state index contributed by atoms with van der Waals surface area (Å²) in [6, 6.07) is 0.103. The van der Waals surface area contributed by atoms with Gasteiger partial charge in [0.25, 0.3) is 0 Å². The van der Waals surface area contributed by atoms with Crippen LogP contribution in [0, 0.1) is 24.2 Å². The number of aliphatic hydroxyl groups excluding tert-OH is 1. The number of rotatable bonds is 7. The maximum absolute atomic E-state index is 12.0. The molecule has 1 saturated carbocycles. The van der Waals surface area contributed by atoms with E-state index in [2.05, 4.69) is 57.4 Å². The molecule has 2 atom stereocenters. The Labute approximate surface area is 243 Å². The summed E-state index contributed by atoms with van der Waals surface area (Å²) in [5, 5.41) is 15.7. The summed E-state index contributed by atoms with van der Waals surface area (Å²) in [7, 11) is 1.84. The molecule has 6 nitrogen and oxygen atoms in total. The van der Waals surface area contributed by atoms with Crippen molar-refractivity contribution in [2.24, 2.45) is 11.3 Å². The normalized spacial score (nSPS) is 16.8. The van der Waals surface area contributed by atoms with Crippen LogP contribution in [0.15, 0.2) is 37.1 Å². The number of hydrogen-bond donors (Lipinski definition) is 3. The number of carbonyl (C=O) groups is 2. The minimum Gasteiger partial charge on any atom is -0.391 e. The molecule has 2 rings (SSSR count). The molecule has 2 fully saturated rings. The van der Waals surface area contributed by atoms with Crippen LogP contribution in [-0.4, -0.2) is 60.5 Å². The first kappa shape index (κ1) is 46.5. The largest absolute Gasteiger partial charge is 0.391 e. The fourth-order valence-electron chi connectivity index (χ4n) is 2.63. The van der Waals surface area contributed by atoms with Crippen LogP contribution in [0.1, 0.15) is 102 Å². The van der Waals surface area contributed by atoms with E-state index in [-0.39, 0.29) is 17.4 Å². The number of hydrogen-bond acceptors (Lipinski definition) is 5. The van der Waals surface area contributed by atoms with E-state index in [0.717, 1.165) is 30.7 Å². The Morgan fingerprint density at radius 1 is 1.13 bits per heavy atom. The van der Waals surface area contributed by atoms with Gasteiger partial charge in [-0.25, -0.2) is 0 Å². The molecular weight excluding hydrogens is 486 g/mol. The van der Waals surface area contributed by atoms with Gasteiger partial charge < -0.3 is 25.4 Å². The highest BCUT2D eigenvalue weighted by Gasteiger charge is 2.38. The van der Waals surface area contributed by atoms with E-state index >= 15 is 0 Å². The Morgan fingerprint density at radius 2 is 1.59 bits per heavy atom. The number of aldehydes is 1. The van der Waals surface area contributed by atoms with Crippen LogP contribution < -0.4 is 10.6 Å². The molecule has 0 aromatic rings. The molecule has 0 aromatic heterocycles. The zero-order valence-electron chi connectivity index (χ0n) is 27.6. The fourth-order valence-corrected chi connectivity index (χ4v) is 2.63. The van der Waals surface area contributed by atoms with Gasteiger partial charge in [-0.3, -0.25) is 4.79 Å². The topological polar surface area (TPSA) is 81.7 Å². The average molecular weight is 552 g/mol. The third kappa shape index (κ3) is 35.6. The van der Waals surface area contributed by atoms with Crippen LogP contribution in [0.5, 0.6) is 0 Å². The monoisotopic (exact) mass is 552 g/mol. The maximum atomic E-state index is 12.0. The quantitative estimate of drug-likeness (QED) is 0.185. The lowest BCUT2D eigenvalue weighted by molar-refractivity contribution is -0.125. The lowest BCUT2D eigenvalue weighted by Crippen LogP contribution is -2.44. The number of nitrogens with zero attached hydrogens (tertiary/aromatic N) is 1. The average Bonchev–Trinajstić information content (AvgIpc) is 3.60. The molecule has 39 heavy (non-hydrogen) atoms. The third-order valence-electron chi connectivity index (χ3n) is 4.32. The second-order valence-electron chi connectivity index (χ2n) is 10.4. The number of amides is 1. The number of β-amino-alcohol motifs (C(OH)–C–C–N with tert-alkyl or cyclic N) is 1. The molecule has 6 heteroatoms. The van der Waals surface area contributed by atoms with Crippen molar-refractivity contribution in [2.75, 3.05) is 20.1 Å². The number of aliphatic hydroxyl groups is 1. The molecule has 3 N–H and O–H groups in total. The SMILES string of the molecule is C#C.C=C(CNC)N1C[C@@H](O)C[C@H]1C(=O)NC1CC1.C=C/C=C\C.CC.CC.CC(C)(C)CC=O.CC(C)C. The van der Waals surface area contributed by atoms with Gasteiger partial charge >= 0.3 is 0 Å². The number of carbonyl (C=O) groups excluding carboxylic acids is 2. The third-order valence-corrected chi connectivity index (χ3v) is 4.32. The molecular formula is C33H65N3O3. The van der Waals surface area contributed by atoms with Gasteiger partial charge in [0.15, 0.2) is 0 Å². The Hall–Kier alpha value is -2.36. The van der Waals surface area contributed by atoms with Crippen molar-refractivity contribution in [1.82, 2.24) is 15.5 Å². The highest BCUT2D eigenvalue weighted by Crippen LogP contribution is 2.24. The fraction of sp³-hybridized carbons (Fsp3) is 0.697. The smallest absolute Gasteiger partial charge is 0.243 e. The summed E-state index contributed by atoms with van der Waals surface area (Å²) >= 11 is 0. The summed E-state index contributed by atoms with van der Waals surface area (Å²) in [6.07, 6.45) is 17.4. The van der Waals surface area contributed by atoms with Gasteiger partial charge in [-0.1, -0.05) is 101 Å². The van der Waals surface area contributed by atoms with Gasteiger partial charge in [-0.2, -0.15) is 0 Å². The second-order valence-corrected chi connectivity index (χ2v) is 10.4. The van der Waals surface area contributed by atoms with Gasteiger partial charge in [-0.05, 0) is 38.1 Å². The molecule has 0 bridgehead atoms. The van der Waals surface area contributed by atoms with Crippen LogP contribution in [0.3, 0.4) is 0 Å². The number of likely N-dealkylation sites (N-methyl/N-ethyl adjacent to an activating group) is 1. The van der Waals surface area contributed by atoms with Crippen molar-refractivity contribution in [3.63, 3.8) is 0 Å². The van der Waals surface area contributed by atoms with Gasteiger partial charge in [-0.15, -0.1) is 12.8 Å². The first-order valence-electron chi connectivity index (χ1n) is 14.4. The number of nitrogens with one attached hydrogen (secondary N) is 2. The van der Waals surface area contributed by atoms with E-state index in [1.807, 2.05) is 79.5 Å². The number of terminal acetylenes is 1. The lowest BCUT2D eigenvalue weighted by Gasteiger charge is -2.27. The summed E-state index contributed by atoms with van der Waals surface area (Å²) in [6.45, 7) is 31.2. The van der Waals surface area contributed by atoms with Crippen molar-refractivity contribution in [2.45, 2.75) is 120 Å². The highest BCUT2D eigenvalue weighted by atomic mass is 16.3. The second kappa shape index (κ2) is 31.9. The summed E-state index contributed by atoms with van der Waals surface area (Å²) in [5.74, 6) is 0.862. The Morgan fingerprint density at radius 3 is 1.85 bits per heavy atom. The van der Waals surface area contributed by atoms with Crippen LogP contribution in [-0.2, 0) is 9.59 Å². The van der Waals surface area contributed by atoms with Gasteiger partial charge in [0.1, 0.15) is 12.3 Å². The van der Waals surface area contributed by atoms with E-state index < -0.39 is 6.10 Å². The Balaban J connectivity index is -0.000000146. The molecule has 1 heterocycles. The minimum absolute atomic E-state index is 0.0290.